The molecule has 0 spiro atoms. The van der Waals surface area contributed by atoms with Gasteiger partial charge in [-0.25, -0.2) is 12.8 Å². The van der Waals surface area contributed by atoms with Gasteiger partial charge in [0.05, 0.1) is 10.8 Å². The van der Waals surface area contributed by atoms with E-state index in [4.69, 9.17) is 0 Å². The zero-order valence-electron chi connectivity index (χ0n) is 14.8. The van der Waals surface area contributed by atoms with Crippen LogP contribution in [-0.2, 0) is 14.8 Å². The van der Waals surface area contributed by atoms with Gasteiger partial charge in [-0.05, 0) is 67.8 Å². The van der Waals surface area contributed by atoms with Crippen LogP contribution in [-0.4, -0.2) is 31.7 Å². The van der Waals surface area contributed by atoms with E-state index in [-0.39, 0.29) is 23.2 Å². The van der Waals surface area contributed by atoms with Gasteiger partial charge < -0.3 is 5.32 Å². The molecule has 1 fully saturated rings. The van der Waals surface area contributed by atoms with Crippen molar-refractivity contribution in [2.45, 2.75) is 24.7 Å². The monoisotopic (exact) mass is 454 g/mol. The molecule has 0 aromatic heterocycles. The molecule has 2 aromatic carbocycles. The van der Waals surface area contributed by atoms with Crippen molar-refractivity contribution in [1.29, 1.82) is 0 Å². The second-order valence-electron chi connectivity index (χ2n) is 6.60. The van der Waals surface area contributed by atoms with Gasteiger partial charge in [0.25, 0.3) is 0 Å². The fourth-order valence-corrected chi connectivity index (χ4v) is 4.92. The van der Waals surface area contributed by atoms with Crippen molar-refractivity contribution in [1.82, 2.24) is 4.31 Å². The molecule has 1 saturated heterocycles. The van der Waals surface area contributed by atoms with Gasteiger partial charge in [0, 0.05) is 23.2 Å². The highest BCUT2D eigenvalue weighted by molar-refractivity contribution is 9.10. The van der Waals surface area contributed by atoms with Gasteiger partial charge in [-0.15, -0.1) is 0 Å². The number of sulfonamides is 1. The Hall–Kier alpha value is -1.77. The van der Waals surface area contributed by atoms with E-state index in [0.717, 1.165) is 4.47 Å². The Bertz CT molecular complexity index is 948. The molecule has 1 atom stereocenters. The highest BCUT2D eigenvalue weighted by Gasteiger charge is 2.33. The lowest BCUT2D eigenvalue weighted by Crippen LogP contribution is -2.43. The molecule has 3 rings (SSSR count). The van der Waals surface area contributed by atoms with Gasteiger partial charge in [0.2, 0.25) is 15.9 Å². The van der Waals surface area contributed by atoms with E-state index in [9.17, 15) is 17.6 Å². The van der Waals surface area contributed by atoms with E-state index in [1.165, 1.54) is 22.5 Å². The van der Waals surface area contributed by atoms with Crippen LogP contribution in [0.4, 0.5) is 10.1 Å². The highest BCUT2D eigenvalue weighted by atomic mass is 79.9. The topological polar surface area (TPSA) is 66.5 Å². The number of carbonyl (C=O) groups is 1. The molecule has 144 valence electrons. The maximum Gasteiger partial charge on any atom is 0.243 e. The molecule has 0 bridgehead atoms. The van der Waals surface area contributed by atoms with Crippen LogP contribution in [0.25, 0.3) is 0 Å². The second-order valence-corrected chi connectivity index (χ2v) is 9.46. The summed E-state index contributed by atoms with van der Waals surface area (Å²) in [5.74, 6) is -1.07. The molecule has 1 N–H and O–H groups in total. The first-order chi connectivity index (χ1) is 12.8. The summed E-state index contributed by atoms with van der Waals surface area (Å²) in [5, 5.41) is 2.79. The predicted molar refractivity (Wildman–Crippen MR) is 105 cm³/mol. The van der Waals surface area contributed by atoms with Gasteiger partial charge in [0.1, 0.15) is 5.82 Å². The number of piperidine rings is 1. The Morgan fingerprint density at radius 2 is 1.93 bits per heavy atom. The number of hydrogen-bond acceptors (Lipinski definition) is 3. The zero-order valence-corrected chi connectivity index (χ0v) is 17.2. The van der Waals surface area contributed by atoms with Crippen LogP contribution in [0, 0.1) is 18.7 Å². The van der Waals surface area contributed by atoms with Crippen LogP contribution in [0.2, 0.25) is 0 Å². The van der Waals surface area contributed by atoms with Crippen LogP contribution >= 0.6 is 15.9 Å². The van der Waals surface area contributed by atoms with Gasteiger partial charge in [-0.1, -0.05) is 15.9 Å². The van der Waals surface area contributed by atoms with Gasteiger partial charge >= 0.3 is 0 Å². The van der Waals surface area contributed by atoms with E-state index in [1.54, 1.807) is 31.2 Å². The quantitative estimate of drug-likeness (QED) is 0.760. The molecule has 8 heteroatoms. The third-order valence-corrected chi connectivity index (χ3v) is 7.06. The summed E-state index contributed by atoms with van der Waals surface area (Å²) in [7, 11) is -3.65. The van der Waals surface area contributed by atoms with Crippen LogP contribution in [0.3, 0.4) is 0 Å². The maximum atomic E-state index is 13.2. The van der Waals surface area contributed by atoms with Crippen LogP contribution in [0.5, 0.6) is 0 Å². The Morgan fingerprint density at radius 1 is 1.22 bits per heavy atom. The molecule has 1 amide bonds. The van der Waals surface area contributed by atoms with E-state index >= 15 is 0 Å². The molecule has 1 unspecified atom stereocenters. The molecular weight excluding hydrogens is 435 g/mol. The van der Waals surface area contributed by atoms with E-state index in [0.29, 0.717) is 30.6 Å². The Kier molecular flexibility index (Phi) is 5.98. The molecule has 0 radical (unpaired) electrons. The summed E-state index contributed by atoms with van der Waals surface area (Å²) < 4.78 is 41.1. The minimum Gasteiger partial charge on any atom is -0.326 e. The normalized spacial score (nSPS) is 18.3. The fraction of sp³-hybridized carbons (Fsp3) is 0.316. The van der Waals surface area contributed by atoms with Gasteiger partial charge in [-0.3, -0.25) is 4.79 Å². The first-order valence-corrected chi connectivity index (χ1v) is 10.8. The number of hydrogen-bond donors (Lipinski definition) is 1. The smallest absolute Gasteiger partial charge is 0.243 e. The minimum absolute atomic E-state index is 0.129. The number of rotatable bonds is 4. The molecule has 0 saturated carbocycles. The van der Waals surface area contributed by atoms with Crippen molar-refractivity contribution < 1.29 is 17.6 Å². The summed E-state index contributed by atoms with van der Waals surface area (Å²) in [5.41, 5.74) is 1.16. The second kappa shape index (κ2) is 8.08. The molecule has 1 heterocycles. The van der Waals surface area contributed by atoms with E-state index in [2.05, 4.69) is 21.2 Å². The Morgan fingerprint density at radius 3 is 2.59 bits per heavy atom. The number of nitrogens with one attached hydrogen (secondary N) is 1. The fourth-order valence-electron chi connectivity index (χ4n) is 3.13. The highest BCUT2D eigenvalue weighted by Crippen LogP contribution is 2.26. The molecule has 2 aromatic rings. The average Bonchev–Trinajstić information content (AvgIpc) is 2.64. The third-order valence-electron chi connectivity index (χ3n) is 4.65. The third kappa shape index (κ3) is 4.56. The van der Waals surface area contributed by atoms with Crippen molar-refractivity contribution in [3.05, 3.63) is 58.3 Å². The molecule has 5 nitrogen and oxygen atoms in total. The zero-order chi connectivity index (χ0) is 19.6. The van der Waals surface area contributed by atoms with Crippen LogP contribution in [0.1, 0.15) is 18.4 Å². The lowest BCUT2D eigenvalue weighted by molar-refractivity contribution is -0.120. The SMILES string of the molecule is Cc1cc(F)ccc1NC(=O)C1CCCN(S(=O)(=O)c2ccc(Br)cc2)C1. The largest absolute Gasteiger partial charge is 0.326 e. The van der Waals surface area contributed by atoms with E-state index < -0.39 is 15.9 Å². The average molecular weight is 455 g/mol. The molecule has 0 aliphatic carbocycles. The number of nitrogens with zero attached hydrogens (tertiary/aromatic N) is 1. The molecule has 1 aliphatic heterocycles. The summed E-state index contributed by atoms with van der Waals surface area (Å²) >= 11 is 3.29. The van der Waals surface area contributed by atoms with E-state index in [1.807, 2.05) is 0 Å². The standard InChI is InChI=1S/C19H20BrFN2O3S/c1-13-11-16(21)6-9-18(13)22-19(24)14-3-2-10-23(12-14)27(25,26)17-7-4-15(20)5-8-17/h4-9,11,14H,2-3,10,12H2,1H3,(H,22,24). The van der Waals surface area contributed by atoms with Crippen LogP contribution < -0.4 is 5.32 Å². The van der Waals surface area contributed by atoms with Crippen molar-refractivity contribution in [3.63, 3.8) is 0 Å². The van der Waals surface area contributed by atoms with Crippen molar-refractivity contribution in [2.24, 2.45) is 5.92 Å². The number of benzene rings is 2. The maximum absolute atomic E-state index is 13.2. The number of anilines is 1. The summed E-state index contributed by atoms with van der Waals surface area (Å²) in [6, 6.07) is 10.6. The number of aryl methyl sites for hydroxylation is 1. The Balaban J connectivity index is 1.73. The van der Waals surface area contributed by atoms with Crippen molar-refractivity contribution in [2.75, 3.05) is 18.4 Å². The van der Waals surface area contributed by atoms with Gasteiger partial charge in [-0.2, -0.15) is 4.31 Å². The molecule has 1 aliphatic rings. The lowest BCUT2D eigenvalue weighted by Gasteiger charge is -2.31. The predicted octanol–water partition coefficient (Wildman–Crippen LogP) is 3.94. The van der Waals surface area contributed by atoms with Crippen LogP contribution in [0.15, 0.2) is 51.8 Å². The number of halogens is 2. The number of amides is 1. The lowest BCUT2D eigenvalue weighted by atomic mass is 9.98. The summed E-state index contributed by atoms with van der Waals surface area (Å²) in [4.78, 5) is 12.8. The van der Waals surface area contributed by atoms with Crippen molar-refractivity contribution in [3.8, 4) is 0 Å². The Labute approximate surface area is 166 Å². The van der Waals surface area contributed by atoms with Gasteiger partial charge in [0.15, 0.2) is 0 Å². The minimum atomic E-state index is -3.65. The number of carbonyl (C=O) groups excluding carboxylic acids is 1. The first-order valence-electron chi connectivity index (χ1n) is 8.60. The summed E-state index contributed by atoms with van der Waals surface area (Å²) in [6.45, 7) is 2.23. The molecule has 27 heavy (non-hydrogen) atoms. The summed E-state index contributed by atoms with van der Waals surface area (Å²) in [6.07, 6.45) is 1.22. The van der Waals surface area contributed by atoms with Crippen molar-refractivity contribution >= 4 is 37.5 Å². The molecular formula is C19H20BrFN2O3S. The first kappa shape index (κ1) is 20.0.